The van der Waals surface area contributed by atoms with Crippen molar-refractivity contribution in [3.05, 3.63) is 29.8 Å². The van der Waals surface area contributed by atoms with Gasteiger partial charge in [-0.05, 0) is 38.2 Å². The van der Waals surface area contributed by atoms with Crippen molar-refractivity contribution in [3.63, 3.8) is 0 Å². The average molecular weight is 369 g/mol. The fourth-order valence-corrected chi connectivity index (χ4v) is 4.10. The van der Waals surface area contributed by atoms with Crippen LogP contribution in [0, 0.1) is 0 Å². The number of sulfonamides is 1. The van der Waals surface area contributed by atoms with Gasteiger partial charge in [0.25, 0.3) is 0 Å². The standard InChI is InChI=1S/C19H32N2O3S/c1-4-5-6-7-8-9-10-18-19(24-18)20-25(22,23)17-13-11-16(12-14-17)15-21(2)3/h11-14,18-20H,4-10,15H2,1-3H3. The van der Waals surface area contributed by atoms with Crippen LogP contribution in [0.1, 0.15) is 57.4 Å². The van der Waals surface area contributed by atoms with E-state index in [1.807, 2.05) is 31.1 Å². The highest BCUT2D eigenvalue weighted by Gasteiger charge is 2.41. The number of unbranched alkanes of at least 4 members (excludes halogenated alkanes) is 5. The fourth-order valence-electron chi connectivity index (χ4n) is 2.95. The topological polar surface area (TPSA) is 61.9 Å². The van der Waals surface area contributed by atoms with Crippen molar-refractivity contribution in [2.24, 2.45) is 0 Å². The normalized spacial score (nSPS) is 20.2. The molecular formula is C19H32N2O3S. The van der Waals surface area contributed by atoms with E-state index in [-0.39, 0.29) is 12.3 Å². The van der Waals surface area contributed by atoms with Gasteiger partial charge < -0.3 is 9.64 Å². The summed E-state index contributed by atoms with van der Waals surface area (Å²) in [5, 5.41) is 0. The number of nitrogens with zero attached hydrogens (tertiary/aromatic N) is 1. The van der Waals surface area contributed by atoms with Crippen LogP contribution < -0.4 is 4.72 Å². The maximum Gasteiger partial charge on any atom is 0.242 e. The van der Waals surface area contributed by atoms with Crippen molar-refractivity contribution in [1.29, 1.82) is 0 Å². The molecule has 1 aliphatic rings. The van der Waals surface area contributed by atoms with Crippen LogP contribution in [0.3, 0.4) is 0 Å². The maximum atomic E-state index is 12.4. The first-order valence-corrected chi connectivity index (χ1v) is 10.8. The minimum absolute atomic E-state index is 0.0361. The molecular weight excluding hydrogens is 336 g/mol. The Bertz CT molecular complexity index is 614. The SMILES string of the molecule is CCCCCCCCC1OC1NS(=O)(=O)c1ccc(CN(C)C)cc1. The van der Waals surface area contributed by atoms with Gasteiger partial charge in [0.2, 0.25) is 10.0 Å². The highest BCUT2D eigenvalue weighted by Crippen LogP contribution is 2.27. The van der Waals surface area contributed by atoms with Gasteiger partial charge in [0, 0.05) is 6.54 Å². The third kappa shape index (κ3) is 7.05. The Hall–Kier alpha value is -0.950. The van der Waals surface area contributed by atoms with Crippen LogP contribution >= 0.6 is 0 Å². The van der Waals surface area contributed by atoms with Crippen molar-refractivity contribution >= 4 is 10.0 Å². The van der Waals surface area contributed by atoms with Crippen LogP contribution in [0.4, 0.5) is 0 Å². The first-order valence-electron chi connectivity index (χ1n) is 9.34. The van der Waals surface area contributed by atoms with Gasteiger partial charge in [-0.3, -0.25) is 0 Å². The molecule has 25 heavy (non-hydrogen) atoms. The molecule has 1 aromatic rings. The van der Waals surface area contributed by atoms with Crippen molar-refractivity contribution in [3.8, 4) is 0 Å². The molecule has 1 heterocycles. The number of hydrogen-bond donors (Lipinski definition) is 1. The van der Waals surface area contributed by atoms with Crippen molar-refractivity contribution in [1.82, 2.24) is 9.62 Å². The Labute approximate surface area is 152 Å². The van der Waals surface area contributed by atoms with E-state index in [4.69, 9.17) is 4.74 Å². The van der Waals surface area contributed by atoms with E-state index in [0.717, 1.165) is 24.9 Å². The largest absolute Gasteiger partial charge is 0.352 e. The maximum absolute atomic E-state index is 12.4. The van der Waals surface area contributed by atoms with E-state index in [1.165, 1.54) is 32.1 Å². The Morgan fingerprint density at radius 2 is 1.68 bits per heavy atom. The second kappa shape index (κ2) is 9.67. The molecule has 1 aromatic carbocycles. The minimum atomic E-state index is -3.51. The first kappa shape index (κ1) is 20.4. The molecule has 2 unspecified atom stereocenters. The molecule has 6 heteroatoms. The minimum Gasteiger partial charge on any atom is -0.352 e. The van der Waals surface area contributed by atoms with Crippen LogP contribution in [-0.4, -0.2) is 39.7 Å². The molecule has 1 fully saturated rings. The fraction of sp³-hybridized carbons (Fsp3) is 0.684. The lowest BCUT2D eigenvalue weighted by Crippen LogP contribution is -2.28. The van der Waals surface area contributed by atoms with E-state index < -0.39 is 10.0 Å². The van der Waals surface area contributed by atoms with Gasteiger partial charge >= 0.3 is 0 Å². The van der Waals surface area contributed by atoms with Gasteiger partial charge in [0.15, 0.2) is 0 Å². The number of hydrogen-bond acceptors (Lipinski definition) is 4. The van der Waals surface area contributed by atoms with Gasteiger partial charge in [0.1, 0.15) is 12.3 Å². The van der Waals surface area contributed by atoms with E-state index in [1.54, 1.807) is 12.1 Å². The Morgan fingerprint density at radius 1 is 1.04 bits per heavy atom. The zero-order chi connectivity index (χ0) is 18.3. The van der Waals surface area contributed by atoms with Crippen LogP contribution in [0.5, 0.6) is 0 Å². The van der Waals surface area contributed by atoms with Gasteiger partial charge in [-0.2, -0.15) is 4.72 Å². The van der Waals surface area contributed by atoms with Crippen molar-refractivity contribution < 1.29 is 13.2 Å². The van der Waals surface area contributed by atoms with Crippen LogP contribution in [-0.2, 0) is 21.3 Å². The second-order valence-corrected chi connectivity index (χ2v) is 8.87. The summed E-state index contributed by atoms with van der Waals surface area (Å²) in [6.45, 7) is 3.00. The van der Waals surface area contributed by atoms with Gasteiger partial charge in [-0.15, -0.1) is 0 Å². The summed E-state index contributed by atoms with van der Waals surface area (Å²) >= 11 is 0. The molecule has 0 aliphatic carbocycles. The average Bonchev–Trinajstić information content (AvgIpc) is 3.27. The predicted octanol–water partition coefficient (Wildman–Crippen LogP) is 3.50. The third-order valence-electron chi connectivity index (χ3n) is 4.43. The zero-order valence-corrected chi connectivity index (χ0v) is 16.5. The number of nitrogens with one attached hydrogen (secondary N) is 1. The molecule has 0 aromatic heterocycles. The summed E-state index contributed by atoms with van der Waals surface area (Å²) in [5.41, 5.74) is 1.09. The van der Waals surface area contributed by atoms with Crippen LogP contribution in [0.15, 0.2) is 29.2 Å². The highest BCUT2D eigenvalue weighted by atomic mass is 32.2. The molecule has 0 saturated carbocycles. The summed E-state index contributed by atoms with van der Waals surface area (Å²) in [5.74, 6) is 0. The quantitative estimate of drug-likeness (QED) is 0.453. The van der Waals surface area contributed by atoms with E-state index in [0.29, 0.717) is 4.90 Å². The number of ether oxygens (including phenoxy) is 1. The smallest absolute Gasteiger partial charge is 0.242 e. The third-order valence-corrected chi connectivity index (χ3v) is 5.86. The number of rotatable bonds is 12. The molecule has 0 spiro atoms. The van der Waals surface area contributed by atoms with Crippen LogP contribution in [0.2, 0.25) is 0 Å². The predicted molar refractivity (Wildman–Crippen MR) is 101 cm³/mol. The highest BCUT2D eigenvalue weighted by molar-refractivity contribution is 7.89. The lowest BCUT2D eigenvalue weighted by molar-refractivity contribution is 0.351. The van der Waals surface area contributed by atoms with Gasteiger partial charge in [-0.1, -0.05) is 57.6 Å². The molecule has 0 amide bonds. The molecule has 2 rings (SSSR count). The van der Waals surface area contributed by atoms with Crippen LogP contribution in [0.25, 0.3) is 0 Å². The summed E-state index contributed by atoms with van der Waals surface area (Å²) in [6.07, 6.45) is 8.02. The molecule has 1 N–H and O–H groups in total. The van der Waals surface area contributed by atoms with E-state index in [2.05, 4.69) is 11.6 Å². The Kier molecular flexibility index (Phi) is 7.87. The molecule has 1 aliphatic heterocycles. The zero-order valence-electron chi connectivity index (χ0n) is 15.7. The lowest BCUT2D eigenvalue weighted by Gasteiger charge is -2.10. The van der Waals surface area contributed by atoms with E-state index in [9.17, 15) is 8.42 Å². The molecule has 0 radical (unpaired) electrons. The van der Waals surface area contributed by atoms with Gasteiger partial charge in [-0.25, -0.2) is 8.42 Å². The molecule has 5 nitrogen and oxygen atoms in total. The summed E-state index contributed by atoms with van der Waals surface area (Å²) in [7, 11) is 0.467. The Balaban J connectivity index is 1.73. The van der Waals surface area contributed by atoms with Crippen molar-refractivity contribution in [2.45, 2.75) is 75.6 Å². The molecule has 0 bridgehead atoms. The summed E-state index contributed by atoms with van der Waals surface area (Å²) in [4.78, 5) is 2.34. The lowest BCUT2D eigenvalue weighted by atomic mass is 10.1. The molecule has 142 valence electrons. The monoisotopic (exact) mass is 368 g/mol. The Morgan fingerprint density at radius 3 is 2.32 bits per heavy atom. The number of benzene rings is 1. The summed E-state index contributed by atoms with van der Waals surface area (Å²) < 4.78 is 33.0. The molecule has 1 saturated heterocycles. The van der Waals surface area contributed by atoms with Gasteiger partial charge in [0.05, 0.1) is 4.90 Å². The number of epoxide rings is 1. The van der Waals surface area contributed by atoms with Crippen molar-refractivity contribution in [2.75, 3.05) is 14.1 Å². The second-order valence-electron chi connectivity index (χ2n) is 7.15. The molecule has 2 atom stereocenters. The van der Waals surface area contributed by atoms with E-state index >= 15 is 0 Å². The first-order chi connectivity index (χ1) is 11.9. The summed E-state index contributed by atoms with van der Waals surface area (Å²) in [6, 6.07) is 7.03.